The molecule has 1 unspecified atom stereocenters. The van der Waals surface area contributed by atoms with Crippen molar-refractivity contribution in [2.45, 2.75) is 26.3 Å². The molecule has 24 heavy (non-hydrogen) atoms. The maximum Gasteiger partial charge on any atom is 0.261 e. The molecule has 130 valence electrons. The second-order valence-corrected chi connectivity index (χ2v) is 7.26. The zero-order valence-corrected chi connectivity index (χ0v) is 15.9. The van der Waals surface area contributed by atoms with Gasteiger partial charge in [-0.3, -0.25) is 4.79 Å². The van der Waals surface area contributed by atoms with Crippen molar-refractivity contribution in [2.75, 3.05) is 27.7 Å². The van der Waals surface area contributed by atoms with Gasteiger partial charge in [-0.2, -0.15) is 0 Å². The highest BCUT2D eigenvalue weighted by Gasteiger charge is 2.17. The van der Waals surface area contributed by atoms with Crippen LogP contribution in [0.1, 0.15) is 38.6 Å². The van der Waals surface area contributed by atoms with Gasteiger partial charge in [-0.15, -0.1) is 11.3 Å². The van der Waals surface area contributed by atoms with Crippen LogP contribution in [0.4, 0.5) is 0 Å². The van der Waals surface area contributed by atoms with E-state index < -0.39 is 0 Å². The van der Waals surface area contributed by atoms with Gasteiger partial charge >= 0.3 is 0 Å². The lowest BCUT2D eigenvalue weighted by Gasteiger charge is -2.25. The van der Waals surface area contributed by atoms with Gasteiger partial charge in [0.25, 0.3) is 5.91 Å². The molecule has 0 fully saturated rings. The van der Waals surface area contributed by atoms with E-state index in [4.69, 9.17) is 4.74 Å². The van der Waals surface area contributed by atoms with Crippen molar-refractivity contribution >= 4 is 17.2 Å². The average Bonchev–Trinajstić information content (AvgIpc) is 2.96. The molecule has 1 aromatic carbocycles. The fraction of sp³-hybridized carbons (Fsp3) is 0.421. The summed E-state index contributed by atoms with van der Waals surface area (Å²) >= 11 is 1.57. The summed E-state index contributed by atoms with van der Waals surface area (Å²) < 4.78 is 5.21. The van der Waals surface area contributed by atoms with E-state index in [1.807, 2.05) is 44.4 Å². The molecule has 2 aromatic rings. The largest absolute Gasteiger partial charge is 0.497 e. The molecule has 0 saturated carbocycles. The number of carbonyl (C=O) groups is 1. The molecule has 5 heteroatoms. The normalized spacial score (nSPS) is 12.2. The molecule has 0 spiro atoms. The Morgan fingerprint density at radius 2 is 1.96 bits per heavy atom. The van der Waals surface area contributed by atoms with Crippen LogP contribution in [0.5, 0.6) is 5.75 Å². The number of methoxy groups -OCH3 is 1. The van der Waals surface area contributed by atoms with E-state index in [0.29, 0.717) is 6.54 Å². The molecular formula is C19H26N2O2S. The summed E-state index contributed by atoms with van der Waals surface area (Å²) in [5.74, 6) is 0.838. The van der Waals surface area contributed by atoms with Crippen LogP contribution in [0.25, 0.3) is 0 Å². The minimum absolute atomic E-state index is 0.00293. The Bertz CT molecular complexity index is 677. The molecule has 1 atom stereocenters. The molecular weight excluding hydrogens is 320 g/mol. The van der Waals surface area contributed by atoms with Crippen LogP contribution in [-0.4, -0.2) is 38.6 Å². The van der Waals surface area contributed by atoms with E-state index >= 15 is 0 Å². The number of hydrogen-bond acceptors (Lipinski definition) is 4. The van der Waals surface area contributed by atoms with E-state index in [2.05, 4.69) is 24.1 Å². The van der Waals surface area contributed by atoms with Crippen LogP contribution < -0.4 is 10.1 Å². The number of amides is 1. The zero-order chi connectivity index (χ0) is 17.7. The van der Waals surface area contributed by atoms with Crippen molar-refractivity contribution < 1.29 is 9.53 Å². The number of nitrogens with one attached hydrogen (secondary N) is 1. The second kappa shape index (κ2) is 8.31. The van der Waals surface area contributed by atoms with Gasteiger partial charge in [0.05, 0.1) is 18.0 Å². The van der Waals surface area contributed by atoms with Gasteiger partial charge in [-0.05, 0) is 56.8 Å². The molecule has 0 saturated heterocycles. The van der Waals surface area contributed by atoms with E-state index in [0.717, 1.165) is 22.6 Å². The van der Waals surface area contributed by atoms with E-state index in [1.165, 1.54) is 10.4 Å². The number of likely N-dealkylation sites (N-methyl/N-ethyl adjacent to an activating group) is 1. The first kappa shape index (κ1) is 18.5. The number of nitrogens with zero attached hydrogens (tertiary/aromatic N) is 1. The monoisotopic (exact) mass is 346 g/mol. The van der Waals surface area contributed by atoms with Gasteiger partial charge < -0.3 is 15.0 Å². The van der Waals surface area contributed by atoms with Crippen LogP contribution in [0.2, 0.25) is 0 Å². The Morgan fingerprint density at radius 3 is 2.46 bits per heavy atom. The van der Waals surface area contributed by atoms with Gasteiger partial charge in [0.15, 0.2) is 0 Å². The first-order valence-corrected chi connectivity index (χ1v) is 8.95. The lowest BCUT2D eigenvalue weighted by Crippen LogP contribution is -2.34. The molecule has 1 N–H and O–H groups in total. The molecule has 0 bridgehead atoms. The smallest absolute Gasteiger partial charge is 0.261 e. The fourth-order valence-corrected chi connectivity index (χ4v) is 3.71. The maximum absolute atomic E-state index is 12.4. The summed E-state index contributed by atoms with van der Waals surface area (Å²) in [6, 6.07) is 10.1. The lowest BCUT2D eigenvalue weighted by molar-refractivity contribution is 0.0946. The van der Waals surface area contributed by atoms with Crippen molar-refractivity contribution in [1.29, 1.82) is 0 Å². The van der Waals surface area contributed by atoms with Gasteiger partial charge in [0, 0.05) is 11.4 Å². The Balaban J connectivity index is 2.06. The van der Waals surface area contributed by atoms with Crippen LogP contribution in [0, 0.1) is 6.92 Å². The Kier molecular flexibility index (Phi) is 6.40. The van der Waals surface area contributed by atoms with Crippen LogP contribution in [0.15, 0.2) is 30.3 Å². The molecule has 0 radical (unpaired) electrons. The summed E-state index contributed by atoms with van der Waals surface area (Å²) in [6.45, 7) is 4.75. The standard InChI is InChI=1S/C19H26N2O2S/c1-6-14-11-18(24-13(14)2)19(22)20-12-17(21(3)4)15-7-9-16(23-5)10-8-15/h7-11,17H,6,12H2,1-5H3,(H,20,22). The molecule has 0 aliphatic rings. The molecule has 2 rings (SSSR count). The summed E-state index contributed by atoms with van der Waals surface area (Å²) in [4.78, 5) is 16.6. The summed E-state index contributed by atoms with van der Waals surface area (Å²) in [5.41, 5.74) is 2.40. The molecule has 0 aliphatic heterocycles. The maximum atomic E-state index is 12.4. The molecule has 0 aliphatic carbocycles. The molecule has 1 heterocycles. The van der Waals surface area contributed by atoms with Crippen LogP contribution in [0.3, 0.4) is 0 Å². The molecule has 4 nitrogen and oxygen atoms in total. The Labute approximate surface area is 148 Å². The Morgan fingerprint density at radius 1 is 1.29 bits per heavy atom. The van der Waals surface area contributed by atoms with Gasteiger partial charge in [0.2, 0.25) is 0 Å². The third-order valence-corrected chi connectivity index (χ3v) is 5.30. The molecule has 1 aromatic heterocycles. The first-order chi connectivity index (χ1) is 11.5. The number of rotatable bonds is 7. The number of carbonyl (C=O) groups excluding carboxylic acids is 1. The van der Waals surface area contributed by atoms with Crippen molar-refractivity contribution in [3.63, 3.8) is 0 Å². The van der Waals surface area contributed by atoms with Crippen molar-refractivity contribution in [1.82, 2.24) is 10.2 Å². The SMILES string of the molecule is CCc1cc(C(=O)NCC(c2ccc(OC)cc2)N(C)C)sc1C. The number of aryl methyl sites for hydroxylation is 2. The van der Waals surface area contributed by atoms with E-state index in [9.17, 15) is 4.79 Å². The Hall–Kier alpha value is -1.85. The van der Waals surface area contributed by atoms with E-state index in [1.54, 1.807) is 18.4 Å². The highest BCUT2D eigenvalue weighted by Crippen LogP contribution is 2.23. The van der Waals surface area contributed by atoms with E-state index in [-0.39, 0.29) is 11.9 Å². The predicted octanol–water partition coefficient (Wildman–Crippen LogP) is 3.66. The minimum Gasteiger partial charge on any atom is -0.497 e. The van der Waals surface area contributed by atoms with Gasteiger partial charge in [0.1, 0.15) is 5.75 Å². The van der Waals surface area contributed by atoms with Gasteiger partial charge in [-0.1, -0.05) is 19.1 Å². The summed E-state index contributed by atoms with van der Waals surface area (Å²) in [5, 5.41) is 3.07. The predicted molar refractivity (Wildman–Crippen MR) is 100 cm³/mol. The second-order valence-electron chi connectivity index (χ2n) is 6.01. The van der Waals surface area contributed by atoms with Crippen LogP contribution in [-0.2, 0) is 6.42 Å². The first-order valence-electron chi connectivity index (χ1n) is 8.14. The topological polar surface area (TPSA) is 41.6 Å². The van der Waals surface area contributed by atoms with Crippen molar-refractivity contribution in [3.8, 4) is 5.75 Å². The highest BCUT2D eigenvalue weighted by atomic mass is 32.1. The average molecular weight is 346 g/mol. The highest BCUT2D eigenvalue weighted by molar-refractivity contribution is 7.14. The summed E-state index contributed by atoms with van der Waals surface area (Å²) in [6.07, 6.45) is 0.960. The number of ether oxygens (including phenoxy) is 1. The van der Waals surface area contributed by atoms with Gasteiger partial charge in [-0.25, -0.2) is 0 Å². The third kappa shape index (κ3) is 4.36. The zero-order valence-electron chi connectivity index (χ0n) is 15.1. The third-order valence-electron chi connectivity index (χ3n) is 4.21. The number of benzene rings is 1. The minimum atomic E-state index is 0.00293. The number of thiophene rings is 1. The summed E-state index contributed by atoms with van der Waals surface area (Å²) in [7, 11) is 5.70. The van der Waals surface area contributed by atoms with Crippen LogP contribution >= 0.6 is 11.3 Å². The van der Waals surface area contributed by atoms with Crippen molar-refractivity contribution in [2.24, 2.45) is 0 Å². The lowest BCUT2D eigenvalue weighted by atomic mass is 10.1. The fourth-order valence-electron chi connectivity index (χ4n) is 2.68. The molecule has 1 amide bonds. The quantitative estimate of drug-likeness (QED) is 0.832. The van der Waals surface area contributed by atoms with Crippen molar-refractivity contribution in [3.05, 3.63) is 51.2 Å². The number of hydrogen-bond donors (Lipinski definition) is 1.